The predicted molar refractivity (Wildman–Crippen MR) is 87.2 cm³/mol. The van der Waals surface area contributed by atoms with Gasteiger partial charge >= 0.3 is 0 Å². The lowest BCUT2D eigenvalue weighted by atomic mass is 9.49. The first kappa shape index (κ1) is 14.5. The summed E-state index contributed by atoms with van der Waals surface area (Å²) < 4.78 is 11.8. The van der Waals surface area contributed by atoms with Gasteiger partial charge < -0.3 is 24.7 Å². The highest BCUT2D eigenvalue weighted by Crippen LogP contribution is 2.64. The second kappa shape index (κ2) is 4.43. The second-order valence-corrected chi connectivity index (χ2v) is 7.57. The number of oxime groups is 1. The van der Waals surface area contributed by atoms with Crippen LogP contribution in [0.15, 0.2) is 17.3 Å². The Kier molecular flexibility index (Phi) is 2.69. The highest BCUT2D eigenvalue weighted by Gasteiger charge is 2.72. The number of hydrogen-bond acceptors (Lipinski definition) is 6. The van der Waals surface area contributed by atoms with E-state index in [1.165, 1.54) is 5.56 Å². The third-order valence-corrected chi connectivity index (χ3v) is 6.88. The average molecular weight is 330 g/mol. The van der Waals surface area contributed by atoms with Gasteiger partial charge in [-0.15, -0.1) is 0 Å². The van der Waals surface area contributed by atoms with Crippen LogP contribution in [0.5, 0.6) is 11.5 Å². The molecule has 0 aromatic heterocycles. The van der Waals surface area contributed by atoms with Crippen molar-refractivity contribution in [1.29, 1.82) is 0 Å². The van der Waals surface area contributed by atoms with Crippen molar-refractivity contribution >= 4 is 5.71 Å². The molecule has 4 aliphatic rings. The molecule has 0 radical (unpaired) electrons. The maximum Gasteiger partial charge on any atom is 0.166 e. The summed E-state index contributed by atoms with van der Waals surface area (Å²) in [5.41, 5.74) is 1.52. The van der Waals surface area contributed by atoms with Crippen molar-refractivity contribution in [2.45, 2.75) is 48.8 Å². The Labute approximate surface area is 140 Å². The third kappa shape index (κ3) is 1.35. The molecule has 1 saturated heterocycles. The molecule has 1 spiro atoms. The molecule has 1 aromatic rings. The minimum atomic E-state index is -0.872. The highest BCUT2D eigenvalue weighted by atomic mass is 16.5. The number of piperidine rings is 1. The number of benzene rings is 1. The minimum absolute atomic E-state index is 0.0597. The van der Waals surface area contributed by atoms with E-state index in [-0.39, 0.29) is 6.04 Å². The van der Waals surface area contributed by atoms with E-state index in [1.807, 2.05) is 6.07 Å². The lowest BCUT2D eigenvalue weighted by Gasteiger charge is -2.62. The molecular formula is C18H22N2O4. The van der Waals surface area contributed by atoms with Crippen LogP contribution in [0, 0.1) is 0 Å². The second-order valence-electron chi connectivity index (χ2n) is 7.57. The van der Waals surface area contributed by atoms with Gasteiger partial charge in [0, 0.05) is 11.6 Å². The normalized spacial score (nSPS) is 41.0. The number of likely N-dealkylation sites (N-methyl/N-ethyl adjacent to an activating group) is 1. The van der Waals surface area contributed by atoms with Crippen LogP contribution in [0.3, 0.4) is 0 Å². The van der Waals surface area contributed by atoms with Crippen LogP contribution in [0.4, 0.5) is 0 Å². The zero-order valence-electron chi connectivity index (χ0n) is 14.0. The van der Waals surface area contributed by atoms with Crippen LogP contribution in [0.25, 0.3) is 0 Å². The van der Waals surface area contributed by atoms with Gasteiger partial charge in [-0.05, 0) is 50.9 Å². The molecule has 1 unspecified atom stereocenters. The van der Waals surface area contributed by atoms with Crippen LogP contribution in [0.1, 0.15) is 30.4 Å². The van der Waals surface area contributed by atoms with E-state index in [1.54, 1.807) is 7.11 Å². The van der Waals surface area contributed by atoms with Crippen molar-refractivity contribution in [2.24, 2.45) is 5.16 Å². The zero-order valence-corrected chi connectivity index (χ0v) is 14.0. The Balaban J connectivity index is 1.85. The molecule has 2 bridgehead atoms. The summed E-state index contributed by atoms with van der Waals surface area (Å²) in [6.07, 6.45) is 2.32. The van der Waals surface area contributed by atoms with Gasteiger partial charge in [0.2, 0.25) is 0 Å². The number of hydrogen-bond donors (Lipinski definition) is 2. The quantitative estimate of drug-likeness (QED) is 0.600. The summed E-state index contributed by atoms with van der Waals surface area (Å²) in [7, 11) is 3.72. The van der Waals surface area contributed by atoms with Gasteiger partial charge in [-0.3, -0.25) is 0 Å². The average Bonchev–Trinajstić information content (AvgIpc) is 2.93. The van der Waals surface area contributed by atoms with Crippen molar-refractivity contribution in [3.05, 3.63) is 23.3 Å². The topological polar surface area (TPSA) is 74.5 Å². The van der Waals surface area contributed by atoms with Crippen LogP contribution < -0.4 is 9.47 Å². The predicted octanol–water partition coefficient (Wildman–Crippen LogP) is 1.31. The molecule has 2 N–H and O–H groups in total. The Hall–Kier alpha value is -1.79. The minimum Gasteiger partial charge on any atom is -0.493 e. The number of likely N-dealkylation sites (tertiary alicyclic amines) is 1. The molecule has 2 aliphatic heterocycles. The molecule has 1 aromatic carbocycles. The van der Waals surface area contributed by atoms with Gasteiger partial charge in [-0.2, -0.15) is 0 Å². The lowest BCUT2D eigenvalue weighted by molar-refractivity contribution is -0.161. The lowest BCUT2D eigenvalue weighted by Crippen LogP contribution is -2.76. The zero-order chi connectivity index (χ0) is 16.7. The van der Waals surface area contributed by atoms with E-state index in [4.69, 9.17) is 9.47 Å². The molecule has 2 heterocycles. The Morgan fingerprint density at radius 1 is 1.38 bits per heavy atom. The van der Waals surface area contributed by atoms with Crippen molar-refractivity contribution in [1.82, 2.24) is 4.90 Å². The summed E-state index contributed by atoms with van der Waals surface area (Å²) in [6.45, 7) is 0.891. The number of ether oxygens (including phenoxy) is 2. The molecule has 5 rings (SSSR count). The van der Waals surface area contributed by atoms with Gasteiger partial charge in [0.1, 0.15) is 0 Å². The summed E-state index contributed by atoms with van der Waals surface area (Å²) in [5, 5.41) is 24.9. The smallest absolute Gasteiger partial charge is 0.166 e. The molecule has 6 heteroatoms. The summed E-state index contributed by atoms with van der Waals surface area (Å²) in [6, 6.07) is 4.10. The fraction of sp³-hybridized carbons (Fsp3) is 0.611. The first-order valence-electron chi connectivity index (χ1n) is 8.57. The third-order valence-electron chi connectivity index (χ3n) is 6.88. The first-order chi connectivity index (χ1) is 11.6. The molecule has 128 valence electrons. The van der Waals surface area contributed by atoms with Gasteiger partial charge in [0.15, 0.2) is 17.6 Å². The summed E-state index contributed by atoms with van der Waals surface area (Å²) >= 11 is 0. The maximum absolute atomic E-state index is 11.9. The fourth-order valence-electron chi connectivity index (χ4n) is 5.80. The van der Waals surface area contributed by atoms with Gasteiger partial charge in [0.25, 0.3) is 0 Å². The van der Waals surface area contributed by atoms with Gasteiger partial charge in [-0.25, -0.2) is 0 Å². The highest BCUT2D eigenvalue weighted by molar-refractivity contribution is 5.94. The van der Waals surface area contributed by atoms with E-state index in [0.717, 1.165) is 30.7 Å². The number of methoxy groups -OCH3 is 1. The van der Waals surface area contributed by atoms with Crippen molar-refractivity contribution in [3.63, 3.8) is 0 Å². The van der Waals surface area contributed by atoms with Gasteiger partial charge in [0.05, 0.1) is 23.8 Å². The molecule has 6 nitrogen and oxygen atoms in total. The first-order valence-corrected chi connectivity index (χ1v) is 8.57. The monoisotopic (exact) mass is 330 g/mol. The number of nitrogens with zero attached hydrogens (tertiary/aromatic N) is 2. The number of aliphatic hydroxyl groups is 1. The molecule has 4 atom stereocenters. The Morgan fingerprint density at radius 2 is 2.21 bits per heavy atom. The van der Waals surface area contributed by atoms with Crippen molar-refractivity contribution < 1.29 is 19.8 Å². The van der Waals surface area contributed by atoms with E-state index >= 15 is 0 Å². The molecule has 0 amide bonds. The van der Waals surface area contributed by atoms with Crippen molar-refractivity contribution in [3.8, 4) is 11.5 Å². The fourth-order valence-corrected chi connectivity index (χ4v) is 5.80. The molecule has 2 aliphatic carbocycles. The molecule has 1 saturated carbocycles. The molecule has 2 fully saturated rings. The molecule has 24 heavy (non-hydrogen) atoms. The Morgan fingerprint density at radius 3 is 2.96 bits per heavy atom. The van der Waals surface area contributed by atoms with E-state index < -0.39 is 17.1 Å². The van der Waals surface area contributed by atoms with Crippen LogP contribution in [-0.4, -0.2) is 59.4 Å². The maximum atomic E-state index is 11.9. The summed E-state index contributed by atoms with van der Waals surface area (Å²) in [4.78, 5) is 2.27. The van der Waals surface area contributed by atoms with E-state index in [0.29, 0.717) is 24.3 Å². The van der Waals surface area contributed by atoms with Crippen molar-refractivity contribution in [2.75, 3.05) is 20.7 Å². The number of rotatable bonds is 1. The summed E-state index contributed by atoms with van der Waals surface area (Å²) in [5.74, 6) is 1.42. The van der Waals surface area contributed by atoms with Gasteiger partial charge in [-0.1, -0.05) is 11.2 Å². The standard InChI is InChI=1S/C18H22N2O4/c1-20-8-7-17-14-10-3-4-12(23-2)15(14)24-16(17)11(19-22)5-6-18(17,21)13(20)9-10/h3-4,13,16,21-22H,5-9H2,1-2H3/t13?,16-,17-,18+/m0/s1. The largest absolute Gasteiger partial charge is 0.493 e. The van der Waals surface area contributed by atoms with E-state index in [2.05, 4.69) is 23.2 Å². The van der Waals surface area contributed by atoms with E-state index in [9.17, 15) is 10.3 Å². The van der Waals surface area contributed by atoms with Crippen LogP contribution in [0.2, 0.25) is 0 Å². The van der Waals surface area contributed by atoms with Crippen LogP contribution in [-0.2, 0) is 11.8 Å². The molecular weight excluding hydrogens is 308 g/mol. The SMILES string of the molecule is COc1ccc2c3c1O[C@H]1C(=NO)CC[C@@]4(O)C(C2)N(C)CC[C@]314. The van der Waals surface area contributed by atoms with Crippen LogP contribution >= 0.6 is 0 Å². The Bertz CT molecular complexity index is 764.